The van der Waals surface area contributed by atoms with E-state index in [0.717, 1.165) is 28.0 Å². The fourth-order valence-corrected chi connectivity index (χ4v) is 2.84. The second-order valence-electron chi connectivity index (χ2n) is 5.81. The molecule has 0 unspecified atom stereocenters. The van der Waals surface area contributed by atoms with Gasteiger partial charge in [-0.15, -0.1) is 0 Å². The van der Waals surface area contributed by atoms with Crippen molar-refractivity contribution >= 4 is 15.9 Å². The number of hydrogen-bond donors (Lipinski definition) is 1. The number of nitrogens with two attached hydrogens (primary N) is 1. The van der Waals surface area contributed by atoms with Gasteiger partial charge in [-0.3, -0.25) is 0 Å². The average molecular weight is 330 g/mol. The molecule has 0 saturated carbocycles. The molecule has 0 saturated heterocycles. The van der Waals surface area contributed by atoms with Crippen LogP contribution in [0.2, 0.25) is 0 Å². The summed E-state index contributed by atoms with van der Waals surface area (Å²) in [5.74, 6) is 1.88. The molecular formula is C15H24BrNO2. The van der Waals surface area contributed by atoms with E-state index >= 15 is 0 Å². The van der Waals surface area contributed by atoms with Crippen molar-refractivity contribution in [1.29, 1.82) is 0 Å². The van der Waals surface area contributed by atoms with Crippen molar-refractivity contribution in [3.8, 4) is 11.5 Å². The third-order valence-electron chi connectivity index (χ3n) is 2.97. The summed E-state index contributed by atoms with van der Waals surface area (Å²) in [6.07, 6.45) is 0.779. The van der Waals surface area contributed by atoms with Crippen LogP contribution in [0.25, 0.3) is 0 Å². The first-order valence-electron chi connectivity index (χ1n) is 6.43. The van der Waals surface area contributed by atoms with Crippen molar-refractivity contribution in [3.63, 3.8) is 0 Å². The minimum atomic E-state index is -0.272. The van der Waals surface area contributed by atoms with E-state index in [0.29, 0.717) is 5.92 Å². The van der Waals surface area contributed by atoms with Crippen LogP contribution in [0.4, 0.5) is 0 Å². The van der Waals surface area contributed by atoms with Gasteiger partial charge in [0.05, 0.1) is 14.2 Å². The van der Waals surface area contributed by atoms with Gasteiger partial charge in [0.15, 0.2) is 11.5 Å². The SMILES string of the molecule is COc1cc(Br)c(CC(C)(C)N)c(C(C)C)c1OC. The van der Waals surface area contributed by atoms with Gasteiger partial charge in [-0.25, -0.2) is 0 Å². The first-order chi connectivity index (χ1) is 8.71. The first-order valence-corrected chi connectivity index (χ1v) is 7.22. The minimum absolute atomic E-state index is 0.272. The monoisotopic (exact) mass is 329 g/mol. The molecule has 1 aromatic rings. The maximum Gasteiger partial charge on any atom is 0.164 e. The smallest absolute Gasteiger partial charge is 0.164 e. The Kier molecular flexibility index (Phi) is 5.27. The summed E-state index contributed by atoms with van der Waals surface area (Å²) in [5.41, 5.74) is 8.26. The first kappa shape index (κ1) is 16.3. The molecule has 0 radical (unpaired) electrons. The molecule has 0 spiro atoms. The van der Waals surface area contributed by atoms with Crippen LogP contribution in [0, 0.1) is 0 Å². The molecule has 0 bridgehead atoms. The fraction of sp³-hybridized carbons (Fsp3) is 0.600. The summed E-state index contributed by atoms with van der Waals surface area (Å²) in [4.78, 5) is 0. The van der Waals surface area contributed by atoms with Gasteiger partial charge >= 0.3 is 0 Å². The Morgan fingerprint density at radius 3 is 2.21 bits per heavy atom. The topological polar surface area (TPSA) is 44.5 Å². The van der Waals surface area contributed by atoms with Crippen LogP contribution in [-0.4, -0.2) is 19.8 Å². The Morgan fingerprint density at radius 1 is 1.26 bits per heavy atom. The minimum Gasteiger partial charge on any atom is -0.493 e. The highest BCUT2D eigenvalue weighted by Crippen LogP contribution is 2.42. The van der Waals surface area contributed by atoms with E-state index in [9.17, 15) is 0 Å². The highest BCUT2D eigenvalue weighted by Gasteiger charge is 2.24. The number of hydrogen-bond acceptors (Lipinski definition) is 3. The summed E-state index contributed by atoms with van der Waals surface area (Å²) in [7, 11) is 3.33. The molecule has 4 heteroatoms. The maximum absolute atomic E-state index is 6.17. The van der Waals surface area contributed by atoms with Crippen molar-refractivity contribution in [3.05, 3.63) is 21.7 Å². The molecule has 0 fully saturated rings. The molecule has 2 N–H and O–H groups in total. The molecule has 3 nitrogen and oxygen atoms in total. The lowest BCUT2D eigenvalue weighted by molar-refractivity contribution is 0.348. The Morgan fingerprint density at radius 2 is 1.84 bits per heavy atom. The van der Waals surface area contributed by atoms with Gasteiger partial charge < -0.3 is 15.2 Å². The van der Waals surface area contributed by atoms with Gasteiger partial charge in [-0.05, 0) is 37.8 Å². The average Bonchev–Trinajstić information content (AvgIpc) is 2.28. The fourth-order valence-electron chi connectivity index (χ4n) is 2.27. The summed E-state index contributed by atoms with van der Waals surface area (Å²) in [6, 6.07) is 1.95. The Labute approximate surface area is 124 Å². The highest BCUT2D eigenvalue weighted by molar-refractivity contribution is 9.10. The van der Waals surface area contributed by atoms with Gasteiger partial charge in [0.1, 0.15) is 0 Å². The molecule has 0 aliphatic rings. The van der Waals surface area contributed by atoms with Crippen molar-refractivity contribution in [2.45, 2.75) is 45.6 Å². The second-order valence-corrected chi connectivity index (χ2v) is 6.66. The molecule has 1 aromatic carbocycles. The predicted octanol–water partition coefficient (Wildman–Crippen LogP) is 3.87. The van der Waals surface area contributed by atoms with Gasteiger partial charge in [-0.2, -0.15) is 0 Å². The van der Waals surface area contributed by atoms with Crippen LogP contribution in [0.1, 0.15) is 44.7 Å². The van der Waals surface area contributed by atoms with E-state index in [1.807, 2.05) is 19.9 Å². The van der Waals surface area contributed by atoms with Gasteiger partial charge in [0.2, 0.25) is 0 Å². The molecule has 0 atom stereocenters. The van der Waals surface area contributed by atoms with Crippen molar-refractivity contribution in [2.24, 2.45) is 5.73 Å². The number of halogens is 1. The predicted molar refractivity (Wildman–Crippen MR) is 83.3 cm³/mol. The van der Waals surface area contributed by atoms with E-state index in [1.165, 1.54) is 5.56 Å². The number of benzene rings is 1. The van der Waals surface area contributed by atoms with E-state index in [4.69, 9.17) is 15.2 Å². The lowest BCUT2D eigenvalue weighted by atomic mass is 9.88. The lowest BCUT2D eigenvalue weighted by Gasteiger charge is -2.26. The van der Waals surface area contributed by atoms with Crippen LogP contribution in [0.3, 0.4) is 0 Å². The standard InChI is InChI=1S/C15H24BrNO2/c1-9(2)13-10(8-15(3,4)17)11(16)7-12(18-5)14(13)19-6/h7,9H,8,17H2,1-6H3. The molecular weight excluding hydrogens is 306 g/mol. The maximum atomic E-state index is 6.17. The molecule has 0 aliphatic heterocycles. The Balaban J connectivity index is 3.52. The summed E-state index contributed by atoms with van der Waals surface area (Å²) in [5, 5.41) is 0. The second kappa shape index (κ2) is 6.14. The molecule has 0 aliphatic carbocycles. The van der Waals surface area contributed by atoms with E-state index in [1.54, 1.807) is 14.2 Å². The summed E-state index contributed by atoms with van der Waals surface area (Å²) < 4.78 is 12.0. The van der Waals surface area contributed by atoms with E-state index in [2.05, 4.69) is 29.8 Å². The zero-order chi connectivity index (χ0) is 14.8. The number of ether oxygens (including phenoxy) is 2. The molecule has 19 heavy (non-hydrogen) atoms. The Bertz CT molecular complexity index is 450. The van der Waals surface area contributed by atoms with Gasteiger partial charge in [0.25, 0.3) is 0 Å². The quantitative estimate of drug-likeness (QED) is 0.891. The van der Waals surface area contributed by atoms with Gasteiger partial charge in [0, 0.05) is 15.6 Å². The van der Waals surface area contributed by atoms with Crippen molar-refractivity contribution in [2.75, 3.05) is 14.2 Å². The summed E-state index contributed by atoms with van der Waals surface area (Å²) >= 11 is 3.63. The zero-order valence-electron chi connectivity index (χ0n) is 12.6. The van der Waals surface area contributed by atoms with Crippen LogP contribution < -0.4 is 15.2 Å². The Hall–Kier alpha value is -0.740. The third-order valence-corrected chi connectivity index (χ3v) is 3.68. The van der Waals surface area contributed by atoms with Crippen LogP contribution in [0.5, 0.6) is 11.5 Å². The molecule has 0 aromatic heterocycles. The largest absolute Gasteiger partial charge is 0.493 e. The van der Waals surface area contributed by atoms with Gasteiger partial charge in [-0.1, -0.05) is 29.8 Å². The normalized spacial score (nSPS) is 11.8. The molecule has 0 heterocycles. The van der Waals surface area contributed by atoms with E-state index in [-0.39, 0.29) is 5.54 Å². The third kappa shape index (κ3) is 3.86. The number of methoxy groups -OCH3 is 2. The molecule has 108 valence electrons. The lowest BCUT2D eigenvalue weighted by Crippen LogP contribution is -2.35. The van der Waals surface area contributed by atoms with Crippen molar-refractivity contribution < 1.29 is 9.47 Å². The molecule has 1 rings (SSSR count). The zero-order valence-corrected chi connectivity index (χ0v) is 14.2. The highest BCUT2D eigenvalue weighted by atomic mass is 79.9. The van der Waals surface area contributed by atoms with E-state index < -0.39 is 0 Å². The summed E-state index contributed by atoms with van der Waals surface area (Å²) in [6.45, 7) is 8.36. The number of rotatable bonds is 5. The van der Waals surface area contributed by atoms with Crippen molar-refractivity contribution in [1.82, 2.24) is 0 Å². The molecule has 0 amide bonds. The van der Waals surface area contributed by atoms with Crippen LogP contribution in [-0.2, 0) is 6.42 Å². The van der Waals surface area contributed by atoms with Crippen LogP contribution >= 0.6 is 15.9 Å². The van der Waals surface area contributed by atoms with Crippen LogP contribution in [0.15, 0.2) is 10.5 Å².